The highest BCUT2D eigenvalue weighted by Crippen LogP contribution is 2.53. The van der Waals surface area contributed by atoms with Crippen LogP contribution in [0.2, 0.25) is 0 Å². The summed E-state index contributed by atoms with van der Waals surface area (Å²) in [4.78, 5) is 12.3. The summed E-state index contributed by atoms with van der Waals surface area (Å²) in [5.41, 5.74) is 0.782. The molecule has 1 aliphatic rings. The minimum atomic E-state index is -3.81. The van der Waals surface area contributed by atoms with Gasteiger partial charge in [0.1, 0.15) is 6.04 Å². The Hall–Kier alpha value is -2.18. The molecule has 24 heavy (non-hydrogen) atoms. The lowest BCUT2D eigenvalue weighted by Crippen LogP contribution is -2.20. The summed E-state index contributed by atoms with van der Waals surface area (Å²) in [6.45, 7) is 3.63. The predicted molar refractivity (Wildman–Crippen MR) is 89.8 cm³/mol. The van der Waals surface area contributed by atoms with Crippen molar-refractivity contribution in [2.24, 2.45) is 0 Å². The highest BCUT2D eigenvalue weighted by atomic mass is 32.2. The fourth-order valence-electron chi connectivity index (χ4n) is 3.07. The molecule has 0 saturated carbocycles. The highest BCUT2D eigenvalue weighted by Gasteiger charge is 2.70. The van der Waals surface area contributed by atoms with E-state index >= 15 is 0 Å². The third-order valence-corrected chi connectivity index (χ3v) is 6.49. The molecule has 0 radical (unpaired) electrons. The molecule has 1 heterocycles. The summed E-state index contributed by atoms with van der Waals surface area (Å²) in [6, 6.07) is 14.9. The molecule has 3 atom stereocenters. The highest BCUT2D eigenvalue weighted by molar-refractivity contribution is 7.89. The van der Waals surface area contributed by atoms with E-state index in [0.29, 0.717) is 0 Å². The van der Waals surface area contributed by atoms with Gasteiger partial charge in [-0.3, -0.25) is 4.79 Å². The number of benzene rings is 2. The number of aryl methyl sites for hydroxylation is 1. The van der Waals surface area contributed by atoms with Crippen LogP contribution in [0.15, 0.2) is 59.5 Å². The molecule has 3 rings (SSSR count). The minimum Gasteiger partial charge on any atom is -0.468 e. The Balaban J connectivity index is 2.08. The van der Waals surface area contributed by atoms with Gasteiger partial charge in [-0.1, -0.05) is 48.0 Å². The normalized spacial score (nSPS) is 26.0. The second kappa shape index (κ2) is 5.72. The van der Waals surface area contributed by atoms with E-state index in [9.17, 15) is 13.2 Å². The maximum atomic E-state index is 13.0. The lowest BCUT2D eigenvalue weighted by atomic mass is 9.97. The molecule has 126 valence electrons. The summed E-state index contributed by atoms with van der Waals surface area (Å²) in [6.07, 6.45) is 0. The first-order valence-electron chi connectivity index (χ1n) is 7.58. The van der Waals surface area contributed by atoms with E-state index in [2.05, 4.69) is 0 Å². The van der Waals surface area contributed by atoms with E-state index in [1.54, 1.807) is 31.2 Å². The van der Waals surface area contributed by atoms with Crippen molar-refractivity contribution in [2.45, 2.75) is 30.3 Å². The van der Waals surface area contributed by atoms with Gasteiger partial charge in [0.2, 0.25) is 10.0 Å². The van der Waals surface area contributed by atoms with Crippen LogP contribution in [0.1, 0.15) is 18.1 Å². The first-order chi connectivity index (χ1) is 11.3. The van der Waals surface area contributed by atoms with Crippen LogP contribution in [0.5, 0.6) is 0 Å². The largest absolute Gasteiger partial charge is 0.468 e. The van der Waals surface area contributed by atoms with Crippen LogP contribution in [-0.2, 0) is 25.1 Å². The van der Waals surface area contributed by atoms with Crippen molar-refractivity contribution >= 4 is 16.0 Å². The summed E-state index contributed by atoms with van der Waals surface area (Å²) < 4.78 is 32.1. The fourth-order valence-corrected chi connectivity index (χ4v) is 5.00. The van der Waals surface area contributed by atoms with Crippen molar-refractivity contribution in [1.29, 1.82) is 0 Å². The molecule has 1 unspecified atom stereocenters. The topological polar surface area (TPSA) is 63.5 Å². The van der Waals surface area contributed by atoms with Gasteiger partial charge in [0.25, 0.3) is 0 Å². The number of hydrogen-bond acceptors (Lipinski definition) is 4. The van der Waals surface area contributed by atoms with Crippen LogP contribution in [0.3, 0.4) is 0 Å². The predicted octanol–water partition coefficient (Wildman–Crippen LogP) is 2.46. The van der Waals surface area contributed by atoms with Crippen molar-refractivity contribution in [1.82, 2.24) is 4.31 Å². The first-order valence-corrected chi connectivity index (χ1v) is 9.02. The van der Waals surface area contributed by atoms with E-state index in [4.69, 9.17) is 4.74 Å². The molecule has 6 heteroatoms. The van der Waals surface area contributed by atoms with Gasteiger partial charge < -0.3 is 4.74 Å². The Morgan fingerprint density at radius 2 is 1.67 bits per heavy atom. The Kier molecular flexibility index (Phi) is 3.97. The zero-order chi connectivity index (χ0) is 17.5. The Morgan fingerprint density at radius 1 is 1.08 bits per heavy atom. The summed E-state index contributed by atoms with van der Waals surface area (Å²) in [7, 11) is -2.54. The SMILES string of the molecule is COC(=O)[C@H]1N(S(=O)(=O)c2ccc(C)cc2)[C@@]1(C)c1ccccc1. The molecule has 0 N–H and O–H groups in total. The van der Waals surface area contributed by atoms with Crippen LogP contribution in [0, 0.1) is 6.92 Å². The fraction of sp³-hybridized carbons (Fsp3) is 0.278. The molecule has 2 aromatic carbocycles. The van der Waals surface area contributed by atoms with Gasteiger partial charge >= 0.3 is 5.97 Å². The number of carbonyl (C=O) groups excluding carboxylic acids is 1. The van der Waals surface area contributed by atoms with Crippen LogP contribution in [-0.4, -0.2) is 31.8 Å². The number of sulfonamides is 1. The van der Waals surface area contributed by atoms with E-state index < -0.39 is 27.6 Å². The molecule has 0 aromatic heterocycles. The monoisotopic (exact) mass is 345 g/mol. The average molecular weight is 345 g/mol. The van der Waals surface area contributed by atoms with Gasteiger partial charge in [-0.05, 0) is 31.5 Å². The standard InChI is InChI=1S/C18H19NO4S/c1-13-9-11-15(12-10-13)24(21,22)19-16(17(20)23-3)18(19,2)14-7-5-4-6-8-14/h4-12,16H,1-3H3/t16-,18+,19?/m1/s1. The lowest BCUT2D eigenvalue weighted by Gasteiger charge is -2.13. The third kappa shape index (κ3) is 2.42. The van der Waals surface area contributed by atoms with Gasteiger partial charge in [-0.15, -0.1) is 0 Å². The zero-order valence-electron chi connectivity index (χ0n) is 13.8. The number of esters is 1. The van der Waals surface area contributed by atoms with Gasteiger partial charge in [0.05, 0.1) is 17.5 Å². The number of ether oxygens (including phenoxy) is 1. The molecular formula is C18H19NO4S. The molecular weight excluding hydrogens is 326 g/mol. The van der Waals surface area contributed by atoms with E-state index in [1.807, 2.05) is 37.3 Å². The number of hydrogen-bond donors (Lipinski definition) is 0. The third-order valence-electron chi connectivity index (χ3n) is 4.52. The van der Waals surface area contributed by atoms with Crippen LogP contribution in [0.25, 0.3) is 0 Å². The quantitative estimate of drug-likeness (QED) is 0.631. The van der Waals surface area contributed by atoms with E-state index in [1.165, 1.54) is 11.4 Å². The van der Waals surface area contributed by atoms with Crippen LogP contribution in [0.4, 0.5) is 0 Å². The van der Waals surface area contributed by atoms with Gasteiger partial charge in [-0.2, -0.15) is 4.31 Å². The van der Waals surface area contributed by atoms with Gasteiger partial charge in [0, 0.05) is 0 Å². The first kappa shape index (κ1) is 16.7. The van der Waals surface area contributed by atoms with E-state index in [-0.39, 0.29) is 4.90 Å². The molecule has 0 spiro atoms. The zero-order valence-corrected chi connectivity index (χ0v) is 14.6. The van der Waals surface area contributed by atoms with Crippen LogP contribution >= 0.6 is 0 Å². The number of methoxy groups -OCH3 is 1. The number of nitrogens with zero attached hydrogens (tertiary/aromatic N) is 1. The second-order valence-corrected chi connectivity index (χ2v) is 7.87. The summed E-state index contributed by atoms with van der Waals surface area (Å²) in [5.74, 6) is -0.558. The Bertz CT molecular complexity index is 862. The molecule has 1 aliphatic heterocycles. The van der Waals surface area contributed by atoms with Gasteiger partial charge in [0.15, 0.2) is 0 Å². The molecule has 1 fully saturated rings. The molecule has 0 aliphatic carbocycles. The van der Waals surface area contributed by atoms with Crippen molar-refractivity contribution in [2.75, 3.05) is 7.11 Å². The van der Waals surface area contributed by atoms with Gasteiger partial charge in [-0.25, -0.2) is 8.42 Å². The van der Waals surface area contributed by atoms with E-state index in [0.717, 1.165) is 11.1 Å². The van der Waals surface area contributed by atoms with Crippen molar-refractivity contribution in [3.63, 3.8) is 0 Å². The van der Waals surface area contributed by atoms with Crippen molar-refractivity contribution in [3.05, 3.63) is 65.7 Å². The van der Waals surface area contributed by atoms with Crippen LogP contribution < -0.4 is 0 Å². The Morgan fingerprint density at radius 3 is 2.21 bits per heavy atom. The summed E-state index contributed by atoms with van der Waals surface area (Å²) in [5, 5.41) is 0. The maximum Gasteiger partial charge on any atom is 0.326 e. The molecule has 0 bridgehead atoms. The van der Waals surface area contributed by atoms with Crippen molar-refractivity contribution in [3.8, 4) is 0 Å². The average Bonchev–Trinajstić information content (AvgIpc) is 3.24. The minimum absolute atomic E-state index is 0.168. The Labute approximate surface area is 141 Å². The lowest BCUT2D eigenvalue weighted by molar-refractivity contribution is -0.140. The molecule has 5 nitrogen and oxygen atoms in total. The number of rotatable bonds is 4. The molecule has 0 amide bonds. The molecule has 1 saturated heterocycles. The smallest absolute Gasteiger partial charge is 0.326 e. The number of carbonyl (C=O) groups is 1. The second-order valence-electron chi connectivity index (χ2n) is 6.05. The maximum absolute atomic E-state index is 13.0. The summed E-state index contributed by atoms with van der Waals surface area (Å²) >= 11 is 0. The molecule has 2 aromatic rings. The van der Waals surface area contributed by atoms with Crippen molar-refractivity contribution < 1.29 is 17.9 Å².